The van der Waals surface area contributed by atoms with Crippen molar-refractivity contribution in [2.24, 2.45) is 0 Å². The van der Waals surface area contributed by atoms with E-state index >= 15 is 0 Å². The van der Waals surface area contributed by atoms with Crippen LogP contribution in [0.2, 0.25) is 0 Å². The molecule has 0 unspecified atom stereocenters. The van der Waals surface area contributed by atoms with E-state index in [9.17, 15) is 18.0 Å². The molecule has 25 heavy (non-hydrogen) atoms. The molecule has 3 rings (SSSR count). The normalized spacial score (nSPS) is 16.8. The van der Waals surface area contributed by atoms with Crippen LogP contribution in [0.3, 0.4) is 0 Å². The Morgan fingerprint density at radius 3 is 2.60 bits per heavy atom. The molecule has 6 nitrogen and oxygen atoms in total. The molecule has 2 aromatic rings. The largest absolute Gasteiger partial charge is 0.477 e. The average Bonchev–Trinajstić information content (AvgIpc) is 3.08. The Bertz CT molecular complexity index is 803. The van der Waals surface area contributed by atoms with Gasteiger partial charge < -0.3 is 14.4 Å². The van der Waals surface area contributed by atoms with Crippen LogP contribution in [0.4, 0.5) is 13.2 Å². The number of hydrogen-bond donors (Lipinski definition) is 0. The van der Waals surface area contributed by atoms with Gasteiger partial charge in [-0.3, -0.25) is 4.79 Å². The third-order valence-electron chi connectivity index (χ3n) is 3.80. The van der Waals surface area contributed by atoms with E-state index in [1.807, 2.05) is 0 Å². The zero-order valence-corrected chi connectivity index (χ0v) is 13.2. The second-order valence-corrected chi connectivity index (χ2v) is 5.37. The molecule has 0 spiro atoms. The van der Waals surface area contributed by atoms with Gasteiger partial charge in [-0.15, -0.1) is 0 Å². The third kappa shape index (κ3) is 3.35. The molecule has 132 valence electrons. The van der Waals surface area contributed by atoms with E-state index in [4.69, 9.17) is 9.47 Å². The predicted octanol–water partition coefficient (Wildman–Crippen LogP) is 2.20. The highest BCUT2D eigenvalue weighted by atomic mass is 19.2. The van der Waals surface area contributed by atoms with E-state index in [0.29, 0.717) is 6.42 Å². The molecule has 1 amide bonds. The molecule has 0 radical (unpaired) electrons. The van der Waals surface area contributed by atoms with E-state index in [-0.39, 0.29) is 24.8 Å². The smallest absolute Gasteiger partial charge is 0.278 e. The molecule has 0 N–H and O–H groups in total. The number of halogens is 3. The second-order valence-electron chi connectivity index (χ2n) is 5.37. The Labute approximate surface area is 141 Å². The zero-order valence-electron chi connectivity index (χ0n) is 13.2. The van der Waals surface area contributed by atoms with Crippen LogP contribution in [-0.4, -0.2) is 47.1 Å². The highest BCUT2D eigenvalue weighted by molar-refractivity contribution is 5.94. The van der Waals surface area contributed by atoms with Crippen LogP contribution in [0.25, 0.3) is 0 Å². The van der Waals surface area contributed by atoms with Crippen molar-refractivity contribution in [1.29, 1.82) is 0 Å². The number of carbonyl (C=O) groups excluding carboxylic acids is 1. The van der Waals surface area contributed by atoms with Crippen molar-refractivity contribution in [2.75, 3.05) is 20.2 Å². The number of amides is 1. The Hall–Kier alpha value is -2.84. The maximum Gasteiger partial charge on any atom is 0.278 e. The number of aromatic nitrogens is 2. The highest BCUT2D eigenvalue weighted by Gasteiger charge is 2.31. The lowest BCUT2D eigenvalue weighted by Gasteiger charge is -2.18. The van der Waals surface area contributed by atoms with Crippen LogP contribution in [0, 0.1) is 17.5 Å². The van der Waals surface area contributed by atoms with Gasteiger partial charge in [0.15, 0.2) is 17.5 Å². The number of benzene rings is 1. The Kier molecular flexibility index (Phi) is 4.73. The minimum Gasteiger partial charge on any atom is -0.477 e. The molecule has 0 bridgehead atoms. The lowest BCUT2D eigenvalue weighted by molar-refractivity contribution is 0.0764. The highest BCUT2D eigenvalue weighted by Crippen LogP contribution is 2.25. The molecule has 1 aromatic heterocycles. The van der Waals surface area contributed by atoms with Crippen molar-refractivity contribution in [3.05, 3.63) is 47.5 Å². The van der Waals surface area contributed by atoms with Gasteiger partial charge in [-0.2, -0.15) is 0 Å². The summed E-state index contributed by atoms with van der Waals surface area (Å²) in [7, 11) is 1.42. The van der Waals surface area contributed by atoms with E-state index in [1.165, 1.54) is 24.4 Å². The third-order valence-corrected chi connectivity index (χ3v) is 3.80. The summed E-state index contributed by atoms with van der Waals surface area (Å²) in [6, 6.07) is 1.65. The quantitative estimate of drug-likeness (QED) is 0.789. The van der Waals surface area contributed by atoms with Gasteiger partial charge in [0.25, 0.3) is 17.7 Å². The van der Waals surface area contributed by atoms with Crippen molar-refractivity contribution in [2.45, 2.75) is 12.5 Å². The van der Waals surface area contributed by atoms with Gasteiger partial charge in [0, 0.05) is 25.4 Å². The van der Waals surface area contributed by atoms with E-state index < -0.39 is 35.0 Å². The van der Waals surface area contributed by atoms with E-state index in [2.05, 4.69) is 9.97 Å². The second kappa shape index (κ2) is 6.96. The monoisotopic (exact) mass is 353 g/mol. The molecule has 2 heterocycles. The van der Waals surface area contributed by atoms with Crippen molar-refractivity contribution in [1.82, 2.24) is 14.9 Å². The summed E-state index contributed by atoms with van der Waals surface area (Å²) in [6.07, 6.45) is 2.95. The zero-order chi connectivity index (χ0) is 18.0. The van der Waals surface area contributed by atoms with Crippen LogP contribution in [0.1, 0.15) is 16.8 Å². The lowest BCUT2D eigenvalue weighted by atomic mass is 10.1. The first-order valence-electron chi connectivity index (χ1n) is 7.45. The van der Waals surface area contributed by atoms with Crippen LogP contribution in [-0.2, 0) is 0 Å². The van der Waals surface area contributed by atoms with Crippen molar-refractivity contribution < 1.29 is 27.4 Å². The summed E-state index contributed by atoms with van der Waals surface area (Å²) in [5.41, 5.74) is -0.517. The van der Waals surface area contributed by atoms with Gasteiger partial charge in [0.2, 0.25) is 0 Å². The minimum absolute atomic E-state index is 0.150. The molecular formula is C16H14F3N3O3. The van der Waals surface area contributed by atoms with Crippen molar-refractivity contribution >= 4 is 5.91 Å². The number of nitrogens with zero attached hydrogens (tertiary/aromatic N) is 3. The number of carbonyl (C=O) groups is 1. The summed E-state index contributed by atoms with van der Waals surface area (Å²) in [5, 5.41) is 0. The fraction of sp³-hybridized carbons (Fsp3) is 0.312. The van der Waals surface area contributed by atoms with Gasteiger partial charge >= 0.3 is 0 Å². The first kappa shape index (κ1) is 17.0. The maximum absolute atomic E-state index is 13.8. The molecule has 1 aromatic carbocycles. The summed E-state index contributed by atoms with van der Waals surface area (Å²) in [6.45, 7) is 0.432. The molecule has 1 fully saturated rings. The van der Waals surface area contributed by atoms with E-state index in [0.717, 1.165) is 12.1 Å². The molecule has 0 saturated carbocycles. The fourth-order valence-corrected chi connectivity index (χ4v) is 2.56. The predicted molar refractivity (Wildman–Crippen MR) is 79.8 cm³/mol. The van der Waals surface area contributed by atoms with Crippen molar-refractivity contribution in [3.8, 4) is 11.8 Å². The van der Waals surface area contributed by atoms with Gasteiger partial charge in [0.1, 0.15) is 6.10 Å². The maximum atomic E-state index is 13.8. The van der Waals surface area contributed by atoms with Crippen LogP contribution < -0.4 is 9.47 Å². The van der Waals surface area contributed by atoms with Gasteiger partial charge in [0.05, 0.1) is 19.2 Å². The Morgan fingerprint density at radius 2 is 1.88 bits per heavy atom. The molecule has 1 atom stereocenters. The average molecular weight is 353 g/mol. The number of likely N-dealkylation sites (tertiary alicyclic amines) is 1. The fourth-order valence-electron chi connectivity index (χ4n) is 2.56. The summed E-state index contributed by atoms with van der Waals surface area (Å²) >= 11 is 0. The van der Waals surface area contributed by atoms with Gasteiger partial charge in [-0.1, -0.05) is 0 Å². The minimum atomic E-state index is -1.66. The number of methoxy groups -OCH3 is 1. The topological polar surface area (TPSA) is 64.6 Å². The molecule has 0 aliphatic carbocycles. The summed E-state index contributed by atoms with van der Waals surface area (Å²) in [5.74, 6) is -4.84. The van der Waals surface area contributed by atoms with Crippen LogP contribution in [0.5, 0.6) is 11.8 Å². The summed E-state index contributed by atoms with van der Waals surface area (Å²) < 4.78 is 50.8. The summed E-state index contributed by atoms with van der Waals surface area (Å²) in [4.78, 5) is 21.6. The first-order valence-corrected chi connectivity index (χ1v) is 7.45. The standard InChI is InChI=1S/C16H14F3N3O3/c1-24-14-15(21-6-5-20-14)25-9-4-7-22(8-9)16(23)10-2-3-11(17)13(19)12(10)18/h2-3,5-6,9H,4,7-8H2,1H3/t9-/m1/s1. The SMILES string of the molecule is COc1nccnc1O[C@@H]1CCN(C(=O)c2ccc(F)c(F)c2F)C1. The molecule has 9 heteroatoms. The van der Waals surface area contributed by atoms with Crippen molar-refractivity contribution in [3.63, 3.8) is 0 Å². The molecular weight excluding hydrogens is 339 g/mol. The Morgan fingerprint density at radius 1 is 1.16 bits per heavy atom. The molecule has 1 saturated heterocycles. The number of rotatable bonds is 4. The first-order chi connectivity index (χ1) is 12.0. The molecule has 1 aliphatic heterocycles. The van der Waals surface area contributed by atoms with Crippen LogP contribution in [0.15, 0.2) is 24.5 Å². The molecule has 1 aliphatic rings. The number of ether oxygens (including phenoxy) is 2. The van der Waals surface area contributed by atoms with Gasteiger partial charge in [-0.25, -0.2) is 23.1 Å². The number of hydrogen-bond acceptors (Lipinski definition) is 5. The lowest BCUT2D eigenvalue weighted by Crippen LogP contribution is -2.32. The van der Waals surface area contributed by atoms with Gasteiger partial charge in [-0.05, 0) is 12.1 Å². The Balaban J connectivity index is 1.70. The van der Waals surface area contributed by atoms with Crippen LogP contribution >= 0.6 is 0 Å². The van der Waals surface area contributed by atoms with E-state index in [1.54, 1.807) is 0 Å².